The average molecular weight is 434 g/mol. The molecule has 2 heterocycles. The first-order valence-corrected chi connectivity index (χ1v) is 12.8. The highest BCUT2D eigenvalue weighted by molar-refractivity contribution is 8.03. The number of hydrogen-bond acceptors (Lipinski definition) is 3. The number of thioether (sulfide) groups is 2. The molecule has 30 heavy (non-hydrogen) atoms. The molecule has 1 aliphatic carbocycles. The first-order valence-electron chi connectivity index (χ1n) is 11.1. The monoisotopic (exact) mass is 433 g/mol. The van der Waals surface area contributed by atoms with Gasteiger partial charge in [0.05, 0.1) is 22.2 Å². The Morgan fingerprint density at radius 1 is 1.03 bits per heavy atom. The van der Waals surface area contributed by atoms with E-state index in [1.165, 1.54) is 56.6 Å². The molecule has 0 fully saturated rings. The van der Waals surface area contributed by atoms with Gasteiger partial charge in [-0.3, -0.25) is 4.90 Å². The fraction of sp³-hybridized carbons (Fsp3) is 0.308. The van der Waals surface area contributed by atoms with Crippen LogP contribution in [0, 0.1) is 0 Å². The molecule has 0 amide bonds. The van der Waals surface area contributed by atoms with Crippen molar-refractivity contribution < 1.29 is 4.90 Å². The van der Waals surface area contributed by atoms with E-state index in [1.807, 2.05) is 23.5 Å². The lowest BCUT2D eigenvalue weighted by Gasteiger charge is -2.21. The van der Waals surface area contributed by atoms with Crippen molar-refractivity contribution in [3.05, 3.63) is 82.9 Å². The minimum Gasteiger partial charge on any atom is -0.335 e. The quantitative estimate of drug-likeness (QED) is 0.617. The summed E-state index contributed by atoms with van der Waals surface area (Å²) in [7, 11) is 0. The smallest absolute Gasteiger partial charge is 0.163 e. The standard InChI is InChI=1S/C26H28N2S2/c1-3-27-21-12-5-7-14-23(21)29-25(27)17-19-10-9-11-20(16-19)18-26-28(4-2)22-13-6-8-15-24(22)30-26/h5-8,12-18,25H,3-4,9-11H2,1-2H3/p+1/b19-17+,26-18-. The van der Waals surface area contributed by atoms with Gasteiger partial charge in [0.1, 0.15) is 5.69 Å². The predicted octanol–water partition coefficient (Wildman–Crippen LogP) is 6.17. The summed E-state index contributed by atoms with van der Waals surface area (Å²) in [6.07, 6.45) is 11.1. The maximum Gasteiger partial charge on any atom is 0.163 e. The molecule has 0 saturated carbocycles. The Kier molecular flexibility index (Phi) is 5.81. The second-order valence-corrected chi connectivity index (χ2v) is 10.3. The van der Waals surface area contributed by atoms with E-state index in [-0.39, 0.29) is 0 Å². The predicted molar refractivity (Wildman–Crippen MR) is 131 cm³/mol. The minimum absolute atomic E-state index is 0.489. The fourth-order valence-corrected chi connectivity index (χ4v) is 7.32. The number of quaternary nitrogens is 1. The highest BCUT2D eigenvalue weighted by Gasteiger charge is 2.33. The van der Waals surface area contributed by atoms with Crippen molar-refractivity contribution in [2.45, 2.75) is 48.3 Å². The number of benzene rings is 2. The molecule has 0 saturated heterocycles. The molecule has 2 atom stereocenters. The number of para-hydroxylation sites is 2. The van der Waals surface area contributed by atoms with Gasteiger partial charge in [0.15, 0.2) is 5.37 Å². The highest BCUT2D eigenvalue weighted by Crippen LogP contribution is 2.46. The van der Waals surface area contributed by atoms with Gasteiger partial charge in [-0.05, 0) is 74.6 Å². The van der Waals surface area contributed by atoms with Gasteiger partial charge in [-0.25, -0.2) is 0 Å². The molecule has 0 spiro atoms. The summed E-state index contributed by atoms with van der Waals surface area (Å²) in [5, 5.41) is 1.86. The van der Waals surface area contributed by atoms with Gasteiger partial charge in [-0.15, -0.1) is 0 Å². The zero-order valence-corrected chi connectivity index (χ0v) is 19.4. The summed E-state index contributed by atoms with van der Waals surface area (Å²) in [5.41, 5.74) is 5.80. The molecule has 2 unspecified atom stereocenters. The summed E-state index contributed by atoms with van der Waals surface area (Å²) < 4.78 is 0. The van der Waals surface area contributed by atoms with Gasteiger partial charge in [0, 0.05) is 17.5 Å². The van der Waals surface area contributed by atoms with E-state index in [9.17, 15) is 0 Å². The molecule has 0 radical (unpaired) electrons. The normalized spacial score (nSPS) is 25.5. The average Bonchev–Trinajstić information content (AvgIpc) is 3.30. The van der Waals surface area contributed by atoms with Gasteiger partial charge in [-0.1, -0.05) is 53.9 Å². The van der Waals surface area contributed by atoms with Crippen LogP contribution in [-0.2, 0) is 0 Å². The zero-order chi connectivity index (χ0) is 20.5. The van der Waals surface area contributed by atoms with Crippen molar-refractivity contribution in [3.63, 3.8) is 0 Å². The molecular formula is C26H29N2S2+. The van der Waals surface area contributed by atoms with E-state index >= 15 is 0 Å². The molecule has 154 valence electrons. The maximum atomic E-state index is 2.54. The second kappa shape index (κ2) is 8.70. The van der Waals surface area contributed by atoms with Gasteiger partial charge in [-0.2, -0.15) is 0 Å². The summed E-state index contributed by atoms with van der Waals surface area (Å²) in [4.78, 5) is 6.85. The van der Waals surface area contributed by atoms with E-state index in [4.69, 9.17) is 0 Å². The lowest BCUT2D eigenvalue weighted by atomic mass is 9.94. The highest BCUT2D eigenvalue weighted by atomic mass is 32.2. The molecule has 0 aromatic heterocycles. The molecule has 0 bridgehead atoms. The van der Waals surface area contributed by atoms with E-state index in [1.54, 1.807) is 4.90 Å². The van der Waals surface area contributed by atoms with Crippen LogP contribution in [0.3, 0.4) is 0 Å². The van der Waals surface area contributed by atoms with Crippen LogP contribution < -0.4 is 9.80 Å². The third-order valence-electron chi connectivity index (χ3n) is 6.14. The number of hydrogen-bond donors (Lipinski definition) is 1. The molecule has 1 N–H and O–H groups in total. The number of likely N-dealkylation sites (N-methyl/N-ethyl adjacent to an activating group) is 1. The Hall–Kier alpha value is -1.88. The summed E-state index contributed by atoms with van der Waals surface area (Å²) in [6.45, 7) is 6.68. The van der Waals surface area contributed by atoms with E-state index in [0.717, 1.165) is 13.1 Å². The molecule has 3 aliphatic rings. The maximum absolute atomic E-state index is 2.54. The van der Waals surface area contributed by atoms with Crippen LogP contribution in [0.2, 0.25) is 0 Å². The van der Waals surface area contributed by atoms with Crippen LogP contribution in [0.15, 0.2) is 92.7 Å². The lowest BCUT2D eigenvalue weighted by molar-refractivity contribution is -0.833. The Morgan fingerprint density at radius 2 is 1.83 bits per heavy atom. The topological polar surface area (TPSA) is 7.68 Å². The molecular weight excluding hydrogens is 404 g/mol. The molecule has 2 nitrogen and oxygen atoms in total. The van der Waals surface area contributed by atoms with Crippen LogP contribution in [0.4, 0.5) is 11.4 Å². The Morgan fingerprint density at radius 3 is 2.67 bits per heavy atom. The molecule has 2 aromatic carbocycles. The molecule has 2 aromatic rings. The van der Waals surface area contributed by atoms with Crippen molar-refractivity contribution in [3.8, 4) is 0 Å². The van der Waals surface area contributed by atoms with Gasteiger partial charge >= 0.3 is 0 Å². The zero-order valence-electron chi connectivity index (χ0n) is 17.7. The lowest BCUT2D eigenvalue weighted by Crippen LogP contribution is -3.08. The minimum atomic E-state index is 0.489. The van der Waals surface area contributed by atoms with Crippen LogP contribution in [0.5, 0.6) is 0 Å². The van der Waals surface area contributed by atoms with E-state index in [2.05, 4.69) is 85.5 Å². The summed E-state index contributed by atoms with van der Waals surface area (Å²) >= 11 is 3.93. The van der Waals surface area contributed by atoms with Crippen molar-refractivity contribution >= 4 is 34.9 Å². The van der Waals surface area contributed by atoms with Gasteiger partial charge < -0.3 is 4.90 Å². The fourth-order valence-electron chi connectivity index (χ4n) is 4.69. The van der Waals surface area contributed by atoms with E-state index in [0.29, 0.717) is 5.37 Å². The van der Waals surface area contributed by atoms with Crippen LogP contribution in [-0.4, -0.2) is 18.5 Å². The number of fused-ring (bicyclic) bond motifs is 2. The second-order valence-electron chi connectivity index (χ2n) is 8.02. The van der Waals surface area contributed by atoms with Crippen LogP contribution in [0.25, 0.3) is 0 Å². The van der Waals surface area contributed by atoms with E-state index < -0.39 is 0 Å². The Bertz CT molecular complexity index is 1040. The number of anilines is 1. The Labute approximate surface area is 188 Å². The SMILES string of the molecule is CCN1/C(=C/C2=CC(=C/C3Sc4ccccc4[NH+]3CC)/CCC2)Sc2ccccc21. The number of allylic oxidation sites excluding steroid dienone is 4. The summed E-state index contributed by atoms with van der Waals surface area (Å²) in [6, 6.07) is 17.7. The number of rotatable bonds is 4. The Balaban J connectivity index is 1.40. The number of nitrogens with one attached hydrogen (secondary N) is 1. The van der Waals surface area contributed by atoms with Gasteiger partial charge in [0.2, 0.25) is 0 Å². The first kappa shape index (κ1) is 20.0. The van der Waals surface area contributed by atoms with Crippen molar-refractivity contribution in [2.24, 2.45) is 0 Å². The van der Waals surface area contributed by atoms with Crippen LogP contribution >= 0.6 is 23.5 Å². The third kappa shape index (κ3) is 3.77. The van der Waals surface area contributed by atoms with Crippen molar-refractivity contribution in [2.75, 3.05) is 18.0 Å². The molecule has 2 aliphatic heterocycles. The van der Waals surface area contributed by atoms with Gasteiger partial charge in [0.25, 0.3) is 0 Å². The largest absolute Gasteiger partial charge is 0.335 e. The summed E-state index contributed by atoms with van der Waals surface area (Å²) in [5.74, 6) is 0. The van der Waals surface area contributed by atoms with Crippen LogP contribution in [0.1, 0.15) is 33.1 Å². The first-order chi connectivity index (χ1) is 14.8. The number of nitrogens with zero attached hydrogens (tertiary/aromatic N) is 1. The van der Waals surface area contributed by atoms with Crippen molar-refractivity contribution in [1.82, 2.24) is 0 Å². The molecule has 4 heteroatoms. The van der Waals surface area contributed by atoms with Crippen molar-refractivity contribution in [1.29, 1.82) is 0 Å². The molecule has 5 rings (SSSR count). The third-order valence-corrected chi connectivity index (χ3v) is 8.54.